The molecule has 266 valence electrons. The number of carbonyl (C=O) groups excluding carboxylic acids is 1. The molecule has 0 spiro atoms. The summed E-state index contributed by atoms with van der Waals surface area (Å²) in [4.78, 5) is 17.0. The summed E-state index contributed by atoms with van der Waals surface area (Å²) in [6.07, 6.45) is -0.0727. The SMILES string of the molecule is CN(C)C1CCN(C(=O)Oc2ccc3c(c2)C[C@@H](CCCS(=O)CCCC(F)(F)C(F)(F)F)[C@@H]2[C@@H]3CC[C@]3(C)C(NO)CC[C@@H]23)CC1. The number of fused-ring (bicyclic) bond motifs is 5. The van der Waals surface area contributed by atoms with Gasteiger partial charge in [0.15, 0.2) is 0 Å². The highest BCUT2D eigenvalue weighted by molar-refractivity contribution is 7.84. The monoisotopic (exact) mass is 691 g/mol. The summed E-state index contributed by atoms with van der Waals surface area (Å²) >= 11 is 0. The Kier molecular flexibility index (Phi) is 11.3. The van der Waals surface area contributed by atoms with Crippen molar-refractivity contribution in [2.24, 2.45) is 23.2 Å². The summed E-state index contributed by atoms with van der Waals surface area (Å²) in [5, 5.41) is 9.95. The van der Waals surface area contributed by atoms with Gasteiger partial charge in [-0.3, -0.25) is 4.21 Å². The minimum absolute atomic E-state index is 0.0161. The third-order valence-corrected chi connectivity index (χ3v) is 13.4. The zero-order valence-corrected chi connectivity index (χ0v) is 28.5. The average Bonchev–Trinajstić information content (AvgIpc) is 3.36. The van der Waals surface area contributed by atoms with Gasteiger partial charge in [0.2, 0.25) is 0 Å². The molecule has 13 heteroatoms. The second-order valence-corrected chi connectivity index (χ2v) is 16.5. The highest BCUT2D eigenvalue weighted by Crippen LogP contribution is 2.62. The zero-order chi connectivity index (χ0) is 34.1. The summed E-state index contributed by atoms with van der Waals surface area (Å²) in [6, 6.07) is 6.46. The van der Waals surface area contributed by atoms with Gasteiger partial charge in [-0.1, -0.05) is 13.0 Å². The van der Waals surface area contributed by atoms with Crippen LogP contribution in [0.1, 0.15) is 88.2 Å². The number of carbonyl (C=O) groups is 1. The van der Waals surface area contributed by atoms with E-state index in [1.807, 2.05) is 12.1 Å². The molecule has 2 unspecified atom stereocenters. The molecule has 4 aliphatic rings. The molecule has 1 aromatic carbocycles. The smallest absolute Gasteiger partial charge is 0.410 e. The van der Waals surface area contributed by atoms with Crippen LogP contribution >= 0.6 is 0 Å². The number of hydrogen-bond donors (Lipinski definition) is 2. The first-order valence-corrected chi connectivity index (χ1v) is 18.6. The van der Waals surface area contributed by atoms with Crippen molar-refractivity contribution in [1.29, 1.82) is 0 Å². The maximum Gasteiger partial charge on any atom is 0.453 e. The fourth-order valence-electron chi connectivity index (χ4n) is 9.26. The Labute approximate surface area is 277 Å². The molecular weight excluding hydrogens is 641 g/mol. The Bertz CT molecular complexity index is 1270. The van der Waals surface area contributed by atoms with Crippen molar-refractivity contribution >= 4 is 16.9 Å². The number of rotatable bonds is 11. The van der Waals surface area contributed by atoms with Crippen LogP contribution in [0, 0.1) is 23.2 Å². The van der Waals surface area contributed by atoms with Crippen molar-refractivity contribution in [3.05, 3.63) is 29.3 Å². The predicted molar refractivity (Wildman–Crippen MR) is 170 cm³/mol. The number of halogens is 5. The standard InChI is InChI=1S/C34H50F5N3O4S/c1-32-15-11-27-26-8-7-25(46-31(43)42-16-12-24(13-17-42)41(2)3)21-23(26)20-22(30(27)28(32)9-10-29(32)40-44)6-4-18-47(45)19-5-14-33(35,36)34(37,38)39/h7-8,21-22,24,27-30,40,44H,4-6,9-20H2,1-3H3/t22-,27-,28+,29?,30-,32+,47?/m1/s1. The molecule has 7 atom stereocenters. The van der Waals surface area contributed by atoms with Gasteiger partial charge in [-0.25, -0.2) is 10.3 Å². The second kappa shape index (κ2) is 14.6. The van der Waals surface area contributed by atoms with E-state index in [1.54, 1.807) is 4.90 Å². The summed E-state index contributed by atoms with van der Waals surface area (Å²) in [6.45, 7) is 3.56. The average molecular weight is 692 g/mol. The molecule has 1 aromatic rings. The van der Waals surface area contributed by atoms with E-state index in [1.165, 1.54) is 5.56 Å². The van der Waals surface area contributed by atoms with Crippen LogP contribution in [0.25, 0.3) is 0 Å². The summed E-state index contributed by atoms with van der Waals surface area (Å²) < 4.78 is 82.7. The largest absolute Gasteiger partial charge is 0.453 e. The van der Waals surface area contributed by atoms with Crippen molar-refractivity contribution < 1.29 is 40.9 Å². The van der Waals surface area contributed by atoms with E-state index < -0.39 is 35.7 Å². The third kappa shape index (κ3) is 7.83. The first kappa shape index (κ1) is 36.5. The van der Waals surface area contributed by atoms with Crippen molar-refractivity contribution in [2.75, 3.05) is 38.7 Å². The van der Waals surface area contributed by atoms with Crippen LogP contribution in [0.4, 0.5) is 26.7 Å². The number of hydroxylamine groups is 1. The first-order chi connectivity index (χ1) is 22.1. The molecule has 5 rings (SSSR count). The second-order valence-electron chi connectivity index (χ2n) is 14.8. The fourth-order valence-corrected chi connectivity index (χ4v) is 10.4. The first-order valence-electron chi connectivity index (χ1n) is 17.1. The van der Waals surface area contributed by atoms with Crippen LogP contribution in [0.5, 0.6) is 5.75 Å². The van der Waals surface area contributed by atoms with Crippen LogP contribution in [-0.2, 0) is 17.2 Å². The zero-order valence-electron chi connectivity index (χ0n) is 27.7. The minimum Gasteiger partial charge on any atom is -0.410 e. The Morgan fingerprint density at radius 2 is 1.79 bits per heavy atom. The van der Waals surface area contributed by atoms with Gasteiger partial charge >= 0.3 is 18.2 Å². The Morgan fingerprint density at radius 1 is 1.09 bits per heavy atom. The Hall–Kier alpha value is -1.83. The number of nitrogens with zero attached hydrogens (tertiary/aromatic N) is 2. The Morgan fingerprint density at radius 3 is 2.45 bits per heavy atom. The lowest BCUT2D eigenvalue weighted by molar-refractivity contribution is -0.284. The predicted octanol–water partition coefficient (Wildman–Crippen LogP) is 7.15. The molecule has 0 aromatic heterocycles. The highest BCUT2D eigenvalue weighted by atomic mass is 32.2. The molecule has 1 saturated heterocycles. The van der Waals surface area contributed by atoms with E-state index in [4.69, 9.17) is 4.74 Å². The molecule has 7 nitrogen and oxygen atoms in total. The number of nitrogens with one attached hydrogen (secondary N) is 1. The van der Waals surface area contributed by atoms with E-state index >= 15 is 0 Å². The van der Waals surface area contributed by atoms with Crippen LogP contribution in [0.15, 0.2) is 18.2 Å². The quantitative estimate of drug-likeness (QED) is 0.190. The van der Waals surface area contributed by atoms with Crippen molar-refractivity contribution in [2.45, 2.75) is 108 Å². The maximum absolute atomic E-state index is 13.3. The summed E-state index contributed by atoms with van der Waals surface area (Å²) in [7, 11) is 2.62. The van der Waals surface area contributed by atoms with Gasteiger partial charge in [-0.05, 0) is 131 Å². The van der Waals surface area contributed by atoms with Crippen molar-refractivity contribution in [3.8, 4) is 5.75 Å². The molecular formula is C34H50F5N3O4S. The van der Waals surface area contributed by atoms with Crippen LogP contribution in [0.2, 0.25) is 0 Å². The number of alkyl halides is 5. The van der Waals surface area contributed by atoms with Gasteiger partial charge in [-0.15, -0.1) is 0 Å². The molecule has 0 radical (unpaired) electrons. The lowest BCUT2D eigenvalue weighted by Gasteiger charge is -2.53. The van der Waals surface area contributed by atoms with E-state index in [0.29, 0.717) is 49.1 Å². The highest BCUT2D eigenvalue weighted by Gasteiger charge is 2.57. The van der Waals surface area contributed by atoms with Gasteiger partial charge in [0.05, 0.1) is 0 Å². The molecule has 1 aliphatic heterocycles. The molecule has 3 aliphatic carbocycles. The number of piperidine rings is 1. The molecule has 3 fully saturated rings. The number of benzene rings is 1. The van der Waals surface area contributed by atoms with Crippen LogP contribution < -0.4 is 10.2 Å². The lowest BCUT2D eigenvalue weighted by Crippen LogP contribution is -2.50. The lowest BCUT2D eigenvalue weighted by atomic mass is 9.52. The molecule has 2 saturated carbocycles. The van der Waals surface area contributed by atoms with Crippen molar-refractivity contribution in [1.82, 2.24) is 15.3 Å². The summed E-state index contributed by atoms with van der Waals surface area (Å²) in [5.41, 5.74) is 4.92. The van der Waals surface area contributed by atoms with Crippen molar-refractivity contribution in [3.63, 3.8) is 0 Å². The van der Waals surface area contributed by atoms with Gasteiger partial charge in [0.25, 0.3) is 0 Å². The molecule has 47 heavy (non-hydrogen) atoms. The molecule has 2 N–H and O–H groups in total. The maximum atomic E-state index is 13.3. The van der Waals surface area contributed by atoms with Gasteiger partial charge < -0.3 is 19.7 Å². The molecule has 0 bridgehead atoms. The van der Waals surface area contributed by atoms with E-state index in [9.17, 15) is 36.2 Å². The number of likely N-dealkylation sites (tertiary alicyclic amines) is 1. The number of ether oxygens (including phenoxy) is 1. The fraction of sp³-hybridized carbons (Fsp3) is 0.794. The number of amides is 1. The van der Waals surface area contributed by atoms with E-state index in [0.717, 1.165) is 56.9 Å². The van der Waals surface area contributed by atoms with Gasteiger partial charge in [0, 0.05) is 53.9 Å². The minimum atomic E-state index is -5.59. The summed E-state index contributed by atoms with van der Waals surface area (Å²) in [5.74, 6) is -2.94. The van der Waals surface area contributed by atoms with E-state index in [-0.39, 0.29) is 35.0 Å². The molecule has 1 amide bonds. The Balaban J connectivity index is 1.26. The molecule has 1 heterocycles. The van der Waals surface area contributed by atoms with Crippen LogP contribution in [0.3, 0.4) is 0 Å². The van der Waals surface area contributed by atoms with Gasteiger partial charge in [0.1, 0.15) is 5.75 Å². The van der Waals surface area contributed by atoms with Gasteiger partial charge in [-0.2, -0.15) is 22.0 Å². The van der Waals surface area contributed by atoms with Crippen LogP contribution in [-0.4, -0.2) is 88.2 Å². The third-order valence-electron chi connectivity index (χ3n) is 11.9. The topological polar surface area (TPSA) is 82.1 Å². The normalized spacial score (nSPS) is 30.5. The van der Waals surface area contributed by atoms with E-state index in [2.05, 4.69) is 37.5 Å². The number of hydrogen-bond acceptors (Lipinski definition) is 6.